The van der Waals surface area contributed by atoms with Crippen molar-refractivity contribution < 1.29 is 28.4 Å². The van der Waals surface area contributed by atoms with Gasteiger partial charge in [-0.15, -0.1) is 0 Å². The van der Waals surface area contributed by atoms with E-state index in [0.29, 0.717) is 13.2 Å². The molecule has 8 heteroatoms. The highest BCUT2D eigenvalue weighted by Crippen LogP contribution is 2.42. The van der Waals surface area contributed by atoms with E-state index >= 15 is 0 Å². The van der Waals surface area contributed by atoms with Gasteiger partial charge in [-0.1, -0.05) is 6.92 Å². The summed E-state index contributed by atoms with van der Waals surface area (Å²) >= 11 is 0. The number of hydrogen-bond acceptors (Lipinski definition) is 8. The fourth-order valence-electron chi connectivity index (χ4n) is 4.24. The molecule has 5 atom stereocenters. The smallest absolute Gasteiger partial charge is 0.164 e. The van der Waals surface area contributed by atoms with Crippen LogP contribution in [0.1, 0.15) is 66.0 Å². The van der Waals surface area contributed by atoms with E-state index in [0.717, 1.165) is 17.8 Å². The Kier molecular flexibility index (Phi) is 5.70. The molecule has 0 aliphatic carbocycles. The molecule has 0 radical (unpaired) electrons. The first-order valence-corrected chi connectivity index (χ1v) is 10.7. The van der Waals surface area contributed by atoms with Crippen LogP contribution < -0.4 is 0 Å². The van der Waals surface area contributed by atoms with Gasteiger partial charge in [0.2, 0.25) is 0 Å². The number of nitrogens with zero attached hydrogens (tertiary/aromatic N) is 2. The van der Waals surface area contributed by atoms with Crippen molar-refractivity contribution >= 4 is 0 Å². The summed E-state index contributed by atoms with van der Waals surface area (Å²) in [6.45, 7) is 14.7. The number of aromatic nitrogens is 2. The van der Waals surface area contributed by atoms with Crippen LogP contribution in [0.3, 0.4) is 0 Å². The highest BCUT2D eigenvalue weighted by Gasteiger charge is 2.50. The maximum atomic E-state index is 6.16. The van der Waals surface area contributed by atoms with Crippen molar-refractivity contribution in [3.8, 4) is 0 Å². The van der Waals surface area contributed by atoms with Crippen molar-refractivity contribution in [2.24, 2.45) is 5.92 Å². The Morgan fingerprint density at radius 2 is 1.57 bits per heavy atom. The summed E-state index contributed by atoms with van der Waals surface area (Å²) in [4.78, 5) is 9.30. The molecule has 4 heterocycles. The Morgan fingerprint density at radius 1 is 0.867 bits per heavy atom. The van der Waals surface area contributed by atoms with Crippen LogP contribution in [-0.2, 0) is 34.8 Å². The Balaban J connectivity index is 1.43. The monoisotopic (exact) mass is 422 g/mol. The lowest BCUT2D eigenvalue weighted by Gasteiger charge is -2.23. The summed E-state index contributed by atoms with van der Waals surface area (Å²) in [6, 6.07) is 0. The standard InChI is InChI=1S/C22H34N2O6/c1-13(16-11-25-20(2,3)27-16)8-14-9-24-15(10-23-14)18-19(30-22(6,7)29-18)17-12-26-21(4,5)28-17/h9-10,13,16-19H,8,11-12H2,1-7H3. The van der Waals surface area contributed by atoms with E-state index in [-0.39, 0.29) is 30.3 Å². The molecule has 30 heavy (non-hydrogen) atoms. The van der Waals surface area contributed by atoms with Gasteiger partial charge in [-0.25, -0.2) is 0 Å². The van der Waals surface area contributed by atoms with Gasteiger partial charge in [0.1, 0.15) is 18.3 Å². The quantitative estimate of drug-likeness (QED) is 0.716. The molecule has 1 aromatic heterocycles. The molecule has 0 aromatic carbocycles. The number of rotatable bonds is 5. The van der Waals surface area contributed by atoms with E-state index in [4.69, 9.17) is 28.4 Å². The van der Waals surface area contributed by atoms with E-state index in [2.05, 4.69) is 16.9 Å². The zero-order valence-electron chi connectivity index (χ0n) is 19.0. The zero-order chi connectivity index (χ0) is 21.7. The van der Waals surface area contributed by atoms with Crippen LogP contribution in [0.4, 0.5) is 0 Å². The van der Waals surface area contributed by atoms with Crippen molar-refractivity contribution in [2.45, 2.75) is 96.7 Å². The van der Waals surface area contributed by atoms with Gasteiger partial charge in [0.15, 0.2) is 17.4 Å². The molecule has 5 unspecified atom stereocenters. The number of ether oxygens (including phenoxy) is 6. The fraction of sp³-hybridized carbons (Fsp3) is 0.818. The molecule has 168 valence electrons. The highest BCUT2D eigenvalue weighted by molar-refractivity contribution is 5.11. The molecule has 3 aliphatic rings. The average Bonchev–Trinajstić information content (AvgIpc) is 3.29. The van der Waals surface area contributed by atoms with Gasteiger partial charge in [-0.05, 0) is 53.9 Å². The van der Waals surface area contributed by atoms with Crippen molar-refractivity contribution in [1.82, 2.24) is 9.97 Å². The van der Waals surface area contributed by atoms with Crippen molar-refractivity contribution in [3.05, 3.63) is 23.8 Å². The van der Waals surface area contributed by atoms with E-state index in [1.807, 2.05) is 47.7 Å². The predicted molar refractivity (Wildman–Crippen MR) is 107 cm³/mol. The number of hydrogen-bond donors (Lipinski definition) is 0. The van der Waals surface area contributed by atoms with E-state index < -0.39 is 17.4 Å². The van der Waals surface area contributed by atoms with Crippen LogP contribution in [0.25, 0.3) is 0 Å². The summed E-state index contributed by atoms with van der Waals surface area (Å²) in [6.07, 6.45) is 3.51. The topological polar surface area (TPSA) is 81.2 Å². The largest absolute Gasteiger partial charge is 0.348 e. The second kappa shape index (κ2) is 7.76. The second-order valence-corrected chi connectivity index (χ2v) is 9.87. The Labute approximate surface area is 178 Å². The van der Waals surface area contributed by atoms with Crippen LogP contribution >= 0.6 is 0 Å². The molecule has 0 N–H and O–H groups in total. The summed E-state index contributed by atoms with van der Waals surface area (Å²) in [5, 5.41) is 0. The first kappa shape index (κ1) is 22.0. The third kappa shape index (κ3) is 4.84. The molecule has 0 saturated carbocycles. The van der Waals surface area contributed by atoms with Crippen molar-refractivity contribution in [3.63, 3.8) is 0 Å². The summed E-state index contributed by atoms with van der Waals surface area (Å²) in [5.74, 6) is -1.60. The highest BCUT2D eigenvalue weighted by atomic mass is 16.8. The molecule has 3 saturated heterocycles. The first-order chi connectivity index (χ1) is 13.9. The van der Waals surface area contributed by atoms with Crippen LogP contribution in [0.5, 0.6) is 0 Å². The average molecular weight is 423 g/mol. The maximum Gasteiger partial charge on any atom is 0.164 e. The van der Waals surface area contributed by atoms with Gasteiger partial charge in [-0.2, -0.15) is 0 Å². The SMILES string of the molecule is CC(Cc1cnc(C2OC(C)(C)OC2C2COC(C)(C)O2)cn1)C1COC(C)(C)O1. The van der Waals surface area contributed by atoms with Crippen LogP contribution in [-0.4, -0.2) is 58.9 Å². The molecule has 0 bridgehead atoms. The minimum absolute atomic E-state index is 0.0566. The molecule has 1 aromatic rings. The summed E-state index contributed by atoms with van der Waals surface area (Å²) in [7, 11) is 0. The molecule has 8 nitrogen and oxygen atoms in total. The lowest BCUT2D eigenvalue weighted by Crippen LogP contribution is -2.35. The minimum atomic E-state index is -0.729. The summed E-state index contributed by atoms with van der Waals surface area (Å²) in [5.41, 5.74) is 1.65. The molecular weight excluding hydrogens is 388 g/mol. The van der Waals surface area contributed by atoms with Crippen LogP contribution in [0, 0.1) is 5.92 Å². The molecular formula is C22H34N2O6. The third-order valence-corrected chi connectivity index (χ3v) is 5.74. The van der Waals surface area contributed by atoms with E-state index in [1.165, 1.54) is 0 Å². The normalized spacial score (nSPS) is 35.6. The molecule has 3 fully saturated rings. The third-order valence-electron chi connectivity index (χ3n) is 5.74. The van der Waals surface area contributed by atoms with Crippen molar-refractivity contribution in [2.75, 3.05) is 13.2 Å². The van der Waals surface area contributed by atoms with Crippen LogP contribution in [0.2, 0.25) is 0 Å². The molecule has 0 spiro atoms. The molecule has 0 amide bonds. The van der Waals surface area contributed by atoms with Gasteiger partial charge in [0, 0.05) is 6.20 Å². The first-order valence-electron chi connectivity index (χ1n) is 10.7. The van der Waals surface area contributed by atoms with Gasteiger partial charge >= 0.3 is 0 Å². The van der Waals surface area contributed by atoms with E-state index in [9.17, 15) is 0 Å². The summed E-state index contributed by atoms with van der Waals surface area (Å²) < 4.78 is 35.7. The zero-order valence-corrected chi connectivity index (χ0v) is 19.0. The fourth-order valence-corrected chi connectivity index (χ4v) is 4.24. The lowest BCUT2D eigenvalue weighted by molar-refractivity contribution is -0.174. The van der Waals surface area contributed by atoms with Gasteiger partial charge in [0.05, 0.1) is 36.9 Å². The minimum Gasteiger partial charge on any atom is -0.348 e. The van der Waals surface area contributed by atoms with Crippen molar-refractivity contribution in [1.29, 1.82) is 0 Å². The lowest BCUT2D eigenvalue weighted by atomic mass is 9.99. The second-order valence-electron chi connectivity index (χ2n) is 9.87. The Morgan fingerprint density at radius 3 is 2.13 bits per heavy atom. The Hall–Kier alpha value is -1.16. The van der Waals surface area contributed by atoms with E-state index in [1.54, 1.807) is 6.20 Å². The van der Waals surface area contributed by atoms with Crippen LogP contribution in [0.15, 0.2) is 12.4 Å². The van der Waals surface area contributed by atoms with Gasteiger partial charge in [-0.3, -0.25) is 9.97 Å². The maximum absolute atomic E-state index is 6.16. The Bertz CT molecular complexity index is 750. The predicted octanol–water partition coefficient (Wildman–Crippen LogP) is 3.15. The molecule has 3 aliphatic heterocycles. The molecule has 4 rings (SSSR count). The van der Waals surface area contributed by atoms with Gasteiger partial charge in [0.25, 0.3) is 0 Å². The van der Waals surface area contributed by atoms with Gasteiger partial charge < -0.3 is 28.4 Å².